The lowest BCUT2D eigenvalue weighted by molar-refractivity contribution is 0.0426. The summed E-state index contributed by atoms with van der Waals surface area (Å²) in [4.78, 5) is 57.7. The first kappa shape index (κ1) is 30.2. The van der Waals surface area contributed by atoms with Gasteiger partial charge in [-0.3, -0.25) is 4.79 Å². The number of anilines is 1. The predicted molar refractivity (Wildman–Crippen MR) is 159 cm³/mol. The monoisotopic (exact) mass is 591 g/mol. The van der Waals surface area contributed by atoms with Gasteiger partial charge in [0.05, 0.1) is 25.3 Å². The molecule has 0 N–H and O–H groups in total. The molecule has 0 radical (unpaired) electrons. The number of carbonyl (C=O) groups is 3. The second kappa shape index (κ2) is 11.1. The Kier molecular flexibility index (Phi) is 7.81. The van der Waals surface area contributed by atoms with E-state index in [1.54, 1.807) is 73.0 Å². The van der Waals surface area contributed by atoms with Gasteiger partial charge in [0.1, 0.15) is 22.6 Å². The van der Waals surface area contributed by atoms with E-state index in [1.807, 2.05) is 10.6 Å². The van der Waals surface area contributed by atoms with Gasteiger partial charge in [0.2, 0.25) is 5.43 Å². The Labute approximate surface area is 249 Å². The number of carbonyl (C=O) groups excluding carboxylic acids is 3. The van der Waals surface area contributed by atoms with Gasteiger partial charge in [0.25, 0.3) is 0 Å². The van der Waals surface area contributed by atoms with Crippen LogP contribution in [0.15, 0.2) is 35.4 Å². The number of benzene rings is 1. The number of hydrogen-bond donors (Lipinski definition) is 0. The molecule has 1 aliphatic carbocycles. The lowest BCUT2D eigenvalue weighted by atomic mass is 9.95. The number of aromatic nitrogens is 2. The molecule has 0 spiro atoms. The maximum absolute atomic E-state index is 13.4. The number of hydrogen-bond acceptors (Lipinski definition) is 9. The lowest BCUT2D eigenvalue weighted by Crippen LogP contribution is -2.44. The molecular weight excluding hydrogens is 554 g/mol. The molecule has 1 aliphatic heterocycles. The summed E-state index contributed by atoms with van der Waals surface area (Å²) in [6.07, 6.45) is 3.21. The molecule has 2 aromatic heterocycles. The summed E-state index contributed by atoms with van der Waals surface area (Å²) in [6.45, 7) is 12.4. The highest BCUT2D eigenvalue weighted by Crippen LogP contribution is 2.41. The number of fused-ring (bicyclic) bond motifs is 5. The normalized spacial score (nSPS) is 14.8. The zero-order chi connectivity index (χ0) is 31.3. The van der Waals surface area contributed by atoms with Crippen molar-refractivity contribution in [3.05, 3.63) is 57.5 Å². The van der Waals surface area contributed by atoms with E-state index in [0.717, 1.165) is 34.4 Å². The van der Waals surface area contributed by atoms with Gasteiger partial charge in [-0.15, -0.1) is 0 Å². The molecule has 11 heteroatoms. The van der Waals surface area contributed by atoms with Crippen LogP contribution in [0, 0.1) is 0 Å². The van der Waals surface area contributed by atoms with Crippen molar-refractivity contribution in [1.82, 2.24) is 9.55 Å². The molecule has 2 amide bonds. The fourth-order valence-electron chi connectivity index (χ4n) is 5.02. The molecule has 0 unspecified atom stereocenters. The minimum atomic E-state index is -0.916. The minimum absolute atomic E-state index is 0.00632. The van der Waals surface area contributed by atoms with E-state index in [0.29, 0.717) is 16.5 Å². The van der Waals surface area contributed by atoms with Gasteiger partial charge < -0.3 is 23.5 Å². The lowest BCUT2D eigenvalue weighted by Gasteiger charge is -2.28. The quantitative estimate of drug-likeness (QED) is 0.254. The number of esters is 1. The van der Waals surface area contributed by atoms with Gasteiger partial charge in [-0.25, -0.2) is 19.4 Å². The maximum atomic E-state index is 13.4. The molecule has 2 aliphatic rings. The summed E-state index contributed by atoms with van der Waals surface area (Å²) >= 11 is 0. The third-order valence-electron chi connectivity index (χ3n) is 6.88. The van der Waals surface area contributed by atoms with Crippen LogP contribution in [0.25, 0.3) is 22.0 Å². The predicted octanol–water partition coefficient (Wildman–Crippen LogP) is 6.28. The Morgan fingerprint density at radius 1 is 1.00 bits per heavy atom. The van der Waals surface area contributed by atoms with E-state index in [9.17, 15) is 19.2 Å². The van der Waals surface area contributed by atoms with Crippen molar-refractivity contribution in [2.45, 2.75) is 91.8 Å². The Bertz CT molecular complexity index is 1650. The summed E-state index contributed by atoms with van der Waals surface area (Å²) in [5.74, 6) is -0.611. The van der Waals surface area contributed by atoms with Crippen molar-refractivity contribution < 1.29 is 33.3 Å². The van der Waals surface area contributed by atoms with Crippen LogP contribution in [-0.2, 0) is 32.2 Å². The van der Waals surface area contributed by atoms with Crippen molar-refractivity contribution in [2.24, 2.45) is 0 Å². The molecule has 1 fully saturated rings. The molecule has 0 saturated heterocycles. The molecule has 3 heterocycles. The van der Waals surface area contributed by atoms with E-state index in [4.69, 9.17) is 18.9 Å². The summed E-state index contributed by atoms with van der Waals surface area (Å²) in [6, 6.07) is 5.30. The van der Waals surface area contributed by atoms with E-state index < -0.39 is 34.8 Å². The molecule has 3 aromatic rings. The van der Waals surface area contributed by atoms with Crippen molar-refractivity contribution in [2.75, 3.05) is 11.5 Å². The average molecular weight is 592 g/mol. The van der Waals surface area contributed by atoms with Crippen LogP contribution < -0.4 is 10.3 Å². The number of pyridine rings is 2. The van der Waals surface area contributed by atoms with E-state index in [-0.39, 0.29) is 37.2 Å². The highest BCUT2D eigenvalue weighted by molar-refractivity contribution is 6.09. The van der Waals surface area contributed by atoms with Crippen molar-refractivity contribution in [3.8, 4) is 11.1 Å². The molecule has 5 rings (SSSR count). The Morgan fingerprint density at radius 2 is 1.65 bits per heavy atom. The van der Waals surface area contributed by atoms with Crippen LogP contribution in [0.2, 0.25) is 0 Å². The summed E-state index contributed by atoms with van der Waals surface area (Å²) in [7, 11) is 0. The Morgan fingerprint density at radius 3 is 2.23 bits per heavy atom. The highest BCUT2D eigenvalue weighted by Gasteiger charge is 2.35. The first-order chi connectivity index (χ1) is 20.2. The topological polar surface area (TPSA) is 126 Å². The van der Waals surface area contributed by atoms with E-state index >= 15 is 0 Å². The number of imide groups is 1. The van der Waals surface area contributed by atoms with Gasteiger partial charge in [-0.1, -0.05) is 6.07 Å². The molecule has 11 nitrogen and oxygen atoms in total. The second-order valence-electron chi connectivity index (χ2n) is 12.7. The zero-order valence-electron chi connectivity index (χ0n) is 25.6. The standard InChI is InChI=1S/C32H37N3O8/c1-8-41-28(37)23-15-34(19-9-10-19)26-21(27(23)36)12-11-20-22-14-33-25(13-18(22)16-40-17-24(20)26)35(29(38)42-31(2,3)4)30(39)43-32(5,6)7/h11-15,19H,8-10,16-17H2,1-7H3. The van der Waals surface area contributed by atoms with Crippen LogP contribution in [0.3, 0.4) is 0 Å². The second-order valence-corrected chi connectivity index (χ2v) is 12.7. The molecule has 43 heavy (non-hydrogen) atoms. The molecule has 1 aromatic carbocycles. The molecular formula is C32H37N3O8. The third-order valence-corrected chi connectivity index (χ3v) is 6.88. The van der Waals surface area contributed by atoms with Gasteiger partial charge >= 0.3 is 18.2 Å². The summed E-state index contributed by atoms with van der Waals surface area (Å²) < 4.78 is 24.3. The molecule has 0 atom stereocenters. The Balaban J connectivity index is 1.63. The number of rotatable bonds is 4. The van der Waals surface area contributed by atoms with Crippen LogP contribution in [0.4, 0.5) is 15.4 Å². The molecule has 0 bridgehead atoms. The van der Waals surface area contributed by atoms with Gasteiger partial charge in [-0.2, -0.15) is 4.90 Å². The van der Waals surface area contributed by atoms with Crippen molar-refractivity contribution >= 4 is 34.9 Å². The molecule has 1 saturated carbocycles. The fourth-order valence-corrected chi connectivity index (χ4v) is 5.02. The first-order valence-corrected chi connectivity index (χ1v) is 14.4. The number of amides is 2. The average Bonchev–Trinajstić information content (AvgIpc) is 3.74. The van der Waals surface area contributed by atoms with Gasteiger partial charge in [0, 0.05) is 34.9 Å². The van der Waals surface area contributed by atoms with Gasteiger partial charge in [-0.05, 0) is 84.6 Å². The van der Waals surface area contributed by atoms with Crippen LogP contribution in [0.1, 0.15) is 88.8 Å². The highest BCUT2D eigenvalue weighted by atomic mass is 16.6. The zero-order valence-corrected chi connectivity index (χ0v) is 25.6. The number of ether oxygens (including phenoxy) is 4. The SMILES string of the molecule is CCOC(=O)c1cn(C2CC2)c2c3c(ccc2c1=O)-c1cnc(N(C(=O)OC(C)(C)C)C(=O)OC(C)(C)C)cc1COC3. The van der Waals surface area contributed by atoms with Gasteiger partial charge in [0.15, 0.2) is 0 Å². The smallest absolute Gasteiger partial charge is 0.425 e. The number of nitrogens with zero attached hydrogens (tertiary/aromatic N) is 3. The van der Waals surface area contributed by atoms with Crippen LogP contribution in [-0.4, -0.2) is 45.5 Å². The summed E-state index contributed by atoms with van der Waals surface area (Å²) in [5.41, 5.74) is 1.61. The van der Waals surface area contributed by atoms with Crippen molar-refractivity contribution in [1.29, 1.82) is 0 Å². The van der Waals surface area contributed by atoms with E-state index in [1.165, 1.54) is 0 Å². The van der Waals surface area contributed by atoms with Crippen LogP contribution >= 0.6 is 0 Å². The maximum Gasteiger partial charge on any atom is 0.425 e. The van der Waals surface area contributed by atoms with Crippen molar-refractivity contribution in [3.63, 3.8) is 0 Å². The summed E-state index contributed by atoms with van der Waals surface area (Å²) in [5, 5.41) is 0.411. The molecule has 228 valence electrons. The largest absolute Gasteiger partial charge is 0.462 e. The van der Waals surface area contributed by atoms with E-state index in [2.05, 4.69) is 4.98 Å². The minimum Gasteiger partial charge on any atom is -0.462 e. The van der Waals surface area contributed by atoms with Crippen LogP contribution in [0.5, 0.6) is 0 Å². The fraction of sp³-hybridized carbons (Fsp3) is 0.469. The third kappa shape index (κ3) is 6.27. The first-order valence-electron chi connectivity index (χ1n) is 14.4. The Hall–Kier alpha value is -4.25.